The number of aliphatic hydroxyl groups excluding tert-OH is 1. The third-order valence-electron chi connectivity index (χ3n) is 2.26. The van der Waals surface area contributed by atoms with Crippen molar-refractivity contribution in [1.29, 1.82) is 0 Å². The average Bonchev–Trinajstić information content (AvgIpc) is 2.51. The molecule has 1 saturated heterocycles. The molecular formula is C8H14N2O3. The van der Waals surface area contributed by atoms with Crippen molar-refractivity contribution in [2.45, 2.75) is 18.9 Å². The second-order valence-electron chi connectivity index (χ2n) is 3.18. The summed E-state index contributed by atoms with van der Waals surface area (Å²) in [6, 6.07) is -0.300. The zero-order chi connectivity index (χ0) is 9.68. The lowest BCUT2D eigenvalue weighted by molar-refractivity contribution is -0.123. The first-order chi connectivity index (χ1) is 6.27. The molecule has 0 aromatic rings. The van der Waals surface area contributed by atoms with E-state index in [0.29, 0.717) is 19.4 Å². The highest BCUT2D eigenvalue weighted by Crippen LogP contribution is 2.15. The minimum atomic E-state index is -0.300. The Morgan fingerprint density at radius 1 is 1.77 bits per heavy atom. The third kappa shape index (κ3) is 2.69. The van der Waals surface area contributed by atoms with E-state index in [9.17, 15) is 9.59 Å². The van der Waals surface area contributed by atoms with Gasteiger partial charge in [-0.1, -0.05) is 0 Å². The summed E-state index contributed by atoms with van der Waals surface area (Å²) < 4.78 is 0. The van der Waals surface area contributed by atoms with Crippen LogP contribution in [-0.4, -0.2) is 36.6 Å². The topological polar surface area (TPSA) is 78.4 Å². The molecule has 1 fully saturated rings. The number of nitrogens with one attached hydrogen (secondary N) is 2. The summed E-state index contributed by atoms with van der Waals surface area (Å²) in [5.41, 5.74) is 0. The molecule has 5 heteroatoms. The lowest BCUT2D eigenvalue weighted by Gasteiger charge is -2.15. The number of carbonyl (C=O) groups excluding carboxylic acids is 2. The van der Waals surface area contributed by atoms with E-state index in [2.05, 4.69) is 10.6 Å². The van der Waals surface area contributed by atoms with Gasteiger partial charge in [0.15, 0.2) is 0 Å². The number of rotatable bonds is 5. The van der Waals surface area contributed by atoms with Gasteiger partial charge in [0, 0.05) is 12.5 Å². The second-order valence-corrected chi connectivity index (χ2v) is 3.18. The Morgan fingerprint density at radius 2 is 2.54 bits per heavy atom. The first kappa shape index (κ1) is 9.98. The molecule has 0 bridgehead atoms. The van der Waals surface area contributed by atoms with E-state index in [1.54, 1.807) is 0 Å². The molecule has 1 rings (SSSR count). The van der Waals surface area contributed by atoms with Gasteiger partial charge >= 0.3 is 0 Å². The lowest BCUT2D eigenvalue weighted by atomic mass is 9.99. The van der Waals surface area contributed by atoms with Crippen LogP contribution in [0.1, 0.15) is 12.8 Å². The van der Waals surface area contributed by atoms with Crippen molar-refractivity contribution in [2.24, 2.45) is 5.92 Å². The van der Waals surface area contributed by atoms with Crippen molar-refractivity contribution >= 4 is 12.3 Å². The summed E-state index contributed by atoms with van der Waals surface area (Å²) in [5.74, 6) is -0.0456. The molecule has 2 atom stereocenters. The third-order valence-corrected chi connectivity index (χ3v) is 2.26. The Morgan fingerprint density at radius 3 is 3.00 bits per heavy atom. The average molecular weight is 186 g/mol. The Hall–Kier alpha value is -1.10. The normalized spacial score (nSPS) is 23.8. The van der Waals surface area contributed by atoms with Crippen LogP contribution in [-0.2, 0) is 9.59 Å². The molecule has 0 aliphatic carbocycles. The molecule has 74 valence electrons. The van der Waals surface area contributed by atoms with Crippen LogP contribution in [0, 0.1) is 5.92 Å². The maximum absolute atomic E-state index is 11.1. The predicted molar refractivity (Wildman–Crippen MR) is 45.8 cm³/mol. The molecule has 5 nitrogen and oxygen atoms in total. The molecule has 0 radical (unpaired) electrons. The molecule has 1 aliphatic heterocycles. The maximum atomic E-state index is 11.1. The van der Waals surface area contributed by atoms with Gasteiger partial charge < -0.3 is 15.7 Å². The van der Waals surface area contributed by atoms with Crippen LogP contribution < -0.4 is 10.6 Å². The second kappa shape index (κ2) is 4.81. The Kier molecular flexibility index (Phi) is 3.70. The van der Waals surface area contributed by atoms with Gasteiger partial charge in [-0.2, -0.15) is 0 Å². The first-order valence-electron chi connectivity index (χ1n) is 4.36. The Bertz CT molecular complexity index is 196. The maximum Gasteiger partial charge on any atom is 0.223 e. The van der Waals surface area contributed by atoms with Gasteiger partial charge in [0.25, 0.3) is 0 Å². The van der Waals surface area contributed by atoms with E-state index in [1.165, 1.54) is 0 Å². The number of aliphatic hydroxyl groups is 1. The molecular weight excluding hydrogens is 172 g/mol. The fourth-order valence-electron chi connectivity index (χ4n) is 1.50. The van der Waals surface area contributed by atoms with E-state index in [1.807, 2.05) is 0 Å². The Labute approximate surface area is 76.5 Å². The monoisotopic (exact) mass is 186 g/mol. The molecule has 1 heterocycles. The lowest BCUT2D eigenvalue weighted by Crippen LogP contribution is -2.35. The molecule has 3 N–H and O–H groups in total. The van der Waals surface area contributed by atoms with Gasteiger partial charge in [0.1, 0.15) is 0 Å². The highest BCUT2D eigenvalue weighted by Gasteiger charge is 2.26. The summed E-state index contributed by atoms with van der Waals surface area (Å²) in [5, 5.41) is 14.0. The van der Waals surface area contributed by atoms with Crippen LogP contribution in [0.2, 0.25) is 0 Å². The number of amides is 2. The summed E-state index contributed by atoms with van der Waals surface area (Å²) in [7, 11) is 0. The SMILES string of the molecule is O=CNC(CO)CC1CCNC1=O. The number of carbonyl (C=O) groups is 2. The fraction of sp³-hybridized carbons (Fsp3) is 0.750. The molecule has 13 heavy (non-hydrogen) atoms. The van der Waals surface area contributed by atoms with Crippen molar-refractivity contribution in [2.75, 3.05) is 13.2 Å². The first-order valence-corrected chi connectivity index (χ1v) is 4.36. The van der Waals surface area contributed by atoms with E-state index in [-0.39, 0.29) is 24.5 Å². The summed E-state index contributed by atoms with van der Waals surface area (Å²) in [4.78, 5) is 21.2. The molecule has 1 aliphatic rings. The van der Waals surface area contributed by atoms with Crippen molar-refractivity contribution in [3.8, 4) is 0 Å². The van der Waals surface area contributed by atoms with Crippen LogP contribution in [0.15, 0.2) is 0 Å². The van der Waals surface area contributed by atoms with E-state index in [0.717, 1.165) is 6.42 Å². The van der Waals surface area contributed by atoms with Gasteiger partial charge in [-0.15, -0.1) is 0 Å². The van der Waals surface area contributed by atoms with Gasteiger partial charge in [-0.25, -0.2) is 0 Å². The number of hydrogen-bond acceptors (Lipinski definition) is 3. The molecule has 0 spiro atoms. The molecule has 2 unspecified atom stereocenters. The standard InChI is InChI=1S/C8H14N2O3/c11-4-7(10-5-12)3-6-1-2-9-8(6)13/h5-7,11H,1-4H2,(H,9,13)(H,10,12). The van der Waals surface area contributed by atoms with Crippen molar-refractivity contribution in [3.05, 3.63) is 0 Å². The van der Waals surface area contributed by atoms with E-state index in [4.69, 9.17) is 5.11 Å². The van der Waals surface area contributed by atoms with Gasteiger partial charge in [0.05, 0.1) is 12.6 Å². The van der Waals surface area contributed by atoms with Gasteiger partial charge in [-0.3, -0.25) is 9.59 Å². The van der Waals surface area contributed by atoms with Crippen LogP contribution in [0.25, 0.3) is 0 Å². The van der Waals surface area contributed by atoms with Crippen LogP contribution in [0.4, 0.5) is 0 Å². The zero-order valence-electron chi connectivity index (χ0n) is 7.32. The van der Waals surface area contributed by atoms with Crippen molar-refractivity contribution in [3.63, 3.8) is 0 Å². The summed E-state index contributed by atoms with van der Waals surface area (Å²) >= 11 is 0. The van der Waals surface area contributed by atoms with E-state index >= 15 is 0 Å². The minimum Gasteiger partial charge on any atom is -0.394 e. The molecule has 2 amide bonds. The van der Waals surface area contributed by atoms with E-state index < -0.39 is 0 Å². The minimum absolute atomic E-state index is 0.0196. The van der Waals surface area contributed by atoms with Crippen molar-refractivity contribution in [1.82, 2.24) is 10.6 Å². The quantitative estimate of drug-likeness (QED) is 0.463. The predicted octanol–water partition coefficient (Wildman–Crippen LogP) is -1.38. The van der Waals surface area contributed by atoms with Gasteiger partial charge in [0.2, 0.25) is 12.3 Å². The summed E-state index contributed by atoms with van der Waals surface area (Å²) in [6.45, 7) is 0.575. The highest BCUT2D eigenvalue weighted by atomic mass is 16.3. The number of hydrogen-bond donors (Lipinski definition) is 3. The highest BCUT2D eigenvalue weighted by molar-refractivity contribution is 5.80. The smallest absolute Gasteiger partial charge is 0.223 e. The Balaban J connectivity index is 2.35. The van der Waals surface area contributed by atoms with Crippen LogP contribution in [0.5, 0.6) is 0 Å². The summed E-state index contributed by atoms with van der Waals surface area (Å²) in [6.07, 6.45) is 1.85. The van der Waals surface area contributed by atoms with Crippen LogP contribution >= 0.6 is 0 Å². The zero-order valence-corrected chi connectivity index (χ0v) is 7.32. The molecule has 0 aromatic heterocycles. The molecule has 0 saturated carbocycles. The van der Waals surface area contributed by atoms with Crippen LogP contribution in [0.3, 0.4) is 0 Å². The van der Waals surface area contributed by atoms with Gasteiger partial charge in [-0.05, 0) is 12.8 Å². The molecule has 0 aromatic carbocycles. The fourth-order valence-corrected chi connectivity index (χ4v) is 1.50. The van der Waals surface area contributed by atoms with Crippen molar-refractivity contribution < 1.29 is 14.7 Å². The largest absolute Gasteiger partial charge is 0.394 e.